The molecule has 0 atom stereocenters. The van der Waals surface area contributed by atoms with E-state index in [1.54, 1.807) is 0 Å². The van der Waals surface area contributed by atoms with Crippen molar-refractivity contribution in [2.24, 2.45) is 5.92 Å². The number of aromatic amines is 1. The van der Waals surface area contributed by atoms with Gasteiger partial charge in [0.05, 0.1) is 11.0 Å². The zero-order valence-corrected chi connectivity index (χ0v) is 21.2. The van der Waals surface area contributed by atoms with Gasteiger partial charge in [0.2, 0.25) is 0 Å². The molecular weight excluding hydrogens is 440 g/mol. The zero-order valence-electron chi connectivity index (χ0n) is 21.2. The molecule has 178 valence electrons. The van der Waals surface area contributed by atoms with E-state index in [0.717, 1.165) is 40.0 Å². The van der Waals surface area contributed by atoms with Gasteiger partial charge in [-0.05, 0) is 63.9 Å². The van der Waals surface area contributed by atoms with E-state index in [9.17, 15) is 0 Å². The van der Waals surface area contributed by atoms with Gasteiger partial charge in [0, 0.05) is 46.4 Å². The lowest BCUT2D eigenvalue weighted by atomic mass is 9.94. The average Bonchev–Trinajstić information content (AvgIpc) is 3.35. The largest absolute Gasteiger partial charge is 0.358 e. The Bertz CT molecular complexity index is 1810. The van der Waals surface area contributed by atoms with Crippen LogP contribution in [0.1, 0.15) is 32.2 Å². The normalized spacial score (nSPS) is 11.8. The van der Waals surface area contributed by atoms with Crippen molar-refractivity contribution in [3.05, 3.63) is 90.7 Å². The topological polar surface area (TPSA) is 53.6 Å². The SMILES string of the molecule is C=C(Nc1c(C)ccc2cc(-c3ccc4c(c3)c3ccncc3c3nc(CC)[nH]c43)ccc12)C(C)C. The second kappa shape index (κ2) is 8.49. The number of benzene rings is 4. The maximum absolute atomic E-state index is 4.86. The van der Waals surface area contributed by atoms with Crippen molar-refractivity contribution in [2.75, 3.05) is 5.32 Å². The predicted molar refractivity (Wildman–Crippen MR) is 154 cm³/mol. The van der Waals surface area contributed by atoms with Crippen molar-refractivity contribution in [2.45, 2.75) is 34.1 Å². The van der Waals surface area contributed by atoms with Crippen LogP contribution in [-0.4, -0.2) is 15.0 Å². The lowest BCUT2D eigenvalue weighted by molar-refractivity contribution is 0.778. The Kier molecular flexibility index (Phi) is 5.26. The summed E-state index contributed by atoms with van der Waals surface area (Å²) >= 11 is 0. The van der Waals surface area contributed by atoms with E-state index in [4.69, 9.17) is 4.98 Å². The fourth-order valence-electron chi connectivity index (χ4n) is 5.05. The van der Waals surface area contributed by atoms with Gasteiger partial charge in [0.15, 0.2) is 0 Å². The third-order valence-electron chi connectivity index (χ3n) is 7.29. The maximum Gasteiger partial charge on any atom is 0.106 e. The maximum atomic E-state index is 4.86. The summed E-state index contributed by atoms with van der Waals surface area (Å²) in [6.07, 6.45) is 4.67. The van der Waals surface area contributed by atoms with Crippen LogP contribution in [0.3, 0.4) is 0 Å². The van der Waals surface area contributed by atoms with Crippen LogP contribution in [0, 0.1) is 12.8 Å². The molecule has 0 aliphatic heterocycles. The number of aryl methyl sites for hydroxylation is 2. The molecule has 6 rings (SSSR count). The van der Waals surface area contributed by atoms with Crippen LogP contribution in [0.2, 0.25) is 0 Å². The van der Waals surface area contributed by atoms with Crippen molar-refractivity contribution in [1.29, 1.82) is 0 Å². The molecule has 2 aromatic heterocycles. The van der Waals surface area contributed by atoms with E-state index in [1.807, 2.05) is 12.4 Å². The molecule has 0 amide bonds. The number of nitrogens with zero attached hydrogens (tertiary/aromatic N) is 2. The van der Waals surface area contributed by atoms with Gasteiger partial charge in [-0.3, -0.25) is 4.98 Å². The van der Waals surface area contributed by atoms with E-state index in [-0.39, 0.29) is 0 Å². The standard InChI is InChI=1S/C32H30N4/c1-6-29-35-31-26-12-10-22(16-27(26)25-13-14-33-17-28(25)32(31)36-29)21-9-11-24-23(15-21)8-7-19(4)30(24)34-20(5)18(2)3/h7-18,34H,5-6H2,1-4H3,(H,35,36). The molecule has 36 heavy (non-hydrogen) atoms. The lowest BCUT2D eigenvalue weighted by Gasteiger charge is -2.18. The molecule has 0 aliphatic carbocycles. The number of nitrogens with one attached hydrogen (secondary N) is 2. The summed E-state index contributed by atoms with van der Waals surface area (Å²) in [4.78, 5) is 12.8. The highest BCUT2D eigenvalue weighted by molar-refractivity contribution is 6.23. The number of rotatable bonds is 5. The first-order chi connectivity index (χ1) is 17.4. The minimum Gasteiger partial charge on any atom is -0.358 e. The summed E-state index contributed by atoms with van der Waals surface area (Å²) < 4.78 is 0. The number of H-pyrrole nitrogens is 1. The van der Waals surface area contributed by atoms with Gasteiger partial charge >= 0.3 is 0 Å². The monoisotopic (exact) mass is 470 g/mol. The van der Waals surface area contributed by atoms with E-state index < -0.39 is 0 Å². The molecule has 0 aliphatic rings. The first kappa shape index (κ1) is 22.3. The lowest BCUT2D eigenvalue weighted by Crippen LogP contribution is -2.06. The van der Waals surface area contributed by atoms with Crippen LogP contribution in [0.25, 0.3) is 54.5 Å². The molecule has 0 radical (unpaired) electrons. The molecule has 4 heteroatoms. The Morgan fingerprint density at radius 2 is 1.69 bits per heavy atom. The highest BCUT2D eigenvalue weighted by atomic mass is 14.9. The number of allylic oxidation sites excluding steroid dienone is 1. The number of anilines is 1. The molecule has 0 saturated carbocycles. The molecule has 2 heterocycles. The number of imidazole rings is 1. The number of pyridine rings is 1. The Balaban J connectivity index is 1.53. The third-order valence-corrected chi connectivity index (χ3v) is 7.29. The molecular formula is C32H30N4. The third kappa shape index (κ3) is 3.53. The predicted octanol–water partition coefficient (Wildman–Crippen LogP) is 8.54. The quantitative estimate of drug-likeness (QED) is 0.248. The van der Waals surface area contributed by atoms with Gasteiger partial charge in [-0.25, -0.2) is 4.98 Å². The van der Waals surface area contributed by atoms with Crippen LogP contribution in [0.15, 0.2) is 79.3 Å². The number of hydrogen-bond donors (Lipinski definition) is 2. The summed E-state index contributed by atoms with van der Waals surface area (Å²) in [6, 6.07) is 20.0. The number of hydrogen-bond acceptors (Lipinski definition) is 3. The Morgan fingerprint density at radius 1 is 0.917 bits per heavy atom. The zero-order chi connectivity index (χ0) is 25.0. The Morgan fingerprint density at radius 3 is 2.47 bits per heavy atom. The van der Waals surface area contributed by atoms with E-state index >= 15 is 0 Å². The van der Waals surface area contributed by atoms with Gasteiger partial charge in [0.1, 0.15) is 5.82 Å². The average molecular weight is 471 g/mol. The molecule has 0 saturated heterocycles. The second-order valence-corrected chi connectivity index (χ2v) is 9.94. The van der Waals surface area contributed by atoms with Gasteiger partial charge in [-0.1, -0.05) is 63.7 Å². The van der Waals surface area contributed by atoms with Crippen molar-refractivity contribution >= 4 is 49.0 Å². The fourth-order valence-corrected chi connectivity index (χ4v) is 5.05. The summed E-state index contributed by atoms with van der Waals surface area (Å²) in [5.74, 6) is 1.37. The van der Waals surface area contributed by atoms with Crippen LogP contribution in [0.4, 0.5) is 5.69 Å². The molecule has 0 bridgehead atoms. The minimum absolute atomic E-state index is 0.372. The molecule has 0 fully saturated rings. The Labute approximate surface area is 211 Å². The van der Waals surface area contributed by atoms with Crippen molar-refractivity contribution in [3.63, 3.8) is 0 Å². The summed E-state index contributed by atoms with van der Waals surface area (Å²) in [6.45, 7) is 12.8. The molecule has 4 nitrogen and oxygen atoms in total. The van der Waals surface area contributed by atoms with Gasteiger partial charge < -0.3 is 10.3 Å². The highest BCUT2D eigenvalue weighted by Gasteiger charge is 2.14. The highest BCUT2D eigenvalue weighted by Crippen LogP contribution is 2.37. The molecule has 4 aromatic carbocycles. The molecule has 0 unspecified atom stereocenters. The summed E-state index contributed by atoms with van der Waals surface area (Å²) in [5.41, 5.74) is 7.87. The summed E-state index contributed by atoms with van der Waals surface area (Å²) in [5, 5.41) is 10.7. The van der Waals surface area contributed by atoms with Crippen LogP contribution in [-0.2, 0) is 6.42 Å². The van der Waals surface area contributed by atoms with Gasteiger partial charge in [-0.2, -0.15) is 0 Å². The molecule has 6 aromatic rings. The number of fused-ring (bicyclic) bond motifs is 7. The van der Waals surface area contributed by atoms with Crippen molar-refractivity contribution in [1.82, 2.24) is 15.0 Å². The van der Waals surface area contributed by atoms with E-state index in [0.29, 0.717) is 5.92 Å². The second-order valence-electron chi connectivity index (χ2n) is 9.94. The van der Waals surface area contributed by atoms with Gasteiger partial charge in [0.25, 0.3) is 0 Å². The van der Waals surface area contributed by atoms with E-state index in [2.05, 4.69) is 104 Å². The fraction of sp³-hybridized carbons (Fsp3) is 0.188. The smallest absolute Gasteiger partial charge is 0.106 e. The molecule has 2 N–H and O–H groups in total. The van der Waals surface area contributed by atoms with Crippen molar-refractivity contribution < 1.29 is 0 Å². The minimum atomic E-state index is 0.372. The first-order valence-corrected chi connectivity index (χ1v) is 12.6. The van der Waals surface area contributed by atoms with Crippen molar-refractivity contribution in [3.8, 4) is 11.1 Å². The van der Waals surface area contributed by atoms with Crippen LogP contribution >= 0.6 is 0 Å². The van der Waals surface area contributed by atoms with Gasteiger partial charge in [-0.15, -0.1) is 0 Å². The van der Waals surface area contributed by atoms with Crippen LogP contribution < -0.4 is 5.32 Å². The molecule has 0 spiro atoms. The van der Waals surface area contributed by atoms with E-state index in [1.165, 1.54) is 43.6 Å². The Hall–Kier alpha value is -4.18. The van der Waals surface area contributed by atoms with Crippen LogP contribution in [0.5, 0.6) is 0 Å². The first-order valence-electron chi connectivity index (χ1n) is 12.6. The summed E-state index contributed by atoms with van der Waals surface area (Å²) in [7, 11) is 0. The number of aromatic nitrogens is 3.